The number of aliphatic carboxylic acids is 1. The summed E-state index contributed by atoms with van der Waals surface area (Å²) in [6.07, 6.45) is 4.60. The van der Waals surface area contributed by atoms with Crippen LogP contribution in [-0.2, 0) is 9.59 Å². The first kappa shape index (κ1) is 12.4. The highest BCUT2D eigenvalue weighted by Crippen LogP contribution is 2.37. The van der Waals surface area contributed by atoms with Crippen LogP contribution in [0, 0.1) is 11.8 Å². The van der Waals surface area contributed by atoms with Crippen molar-refractivity contribution in [2.24, 2.45) is 11.8 Å². The highest BCUT2D eigenvalue weighted by molar-refractivity contribution is 5.85. The van der Waals surface area contributed by atoms with Gasteiger partial charge in [0.25, 0.3) is 0 Å². The molecular weight excluding hydrogens is 222 g/mol. The number of aliphatic hydroxyl groups excluding tert-OH is 1. The number of aliphatic hydroxyl groups is 1. The predicted octanol–water partition coefficient (Wildman–Crippen LogP) is 0.518. The van der Waals surface area contributed by atoms with E-state index < -0.39 is 23.3 Å². The largest absolute Gasteiger partial charge is 0.481 e. The van der Waals surface area contributed by atoms with Crippen molar-refractivity contribution in [1.29, 1.82) is 0 Å². The van der Waals surface area contributed by atoms with E-state index in [2.05, 4.69) is 5.32 Å². The van der Waals surface area contributed by atoms with E-state index in [0.29, 0.717) is 12.8 Å². The normalized spacial score (nSPS) is 30.6. The van der Waals surface area contributed by atoms with Crippen LogP contribution in [0.15, 0.2) is 0 Å². The topological polar surface area (TPSA) is 86.6 Å². The SMILES string of the molecule is O=C(O)[C@H]1CCCC[C@H]1C(=O)NC1(CO)CC1. The van der Waals surface area contributed by atoms with Crippen LogP contribution in [-0.4, -0.2) is 34.2 Å². The number of amides is 1. The van der Waals surface area contributed by atoms with Gasteiger partial charge in [-0.1, -0.05) is 12.8 Å². The second-order valence-electron chi connectivity index (χ2n) is 5.26. The Bertz CT molecular complexity index is 324. The fourth-order valence-corrected chi connectivity index (χ4v) is 2.57. The molecule has 2 rings (SSSR count). The predicted molar refractivity (Wildman–Crippen MR) is 60.3 cm³/mol. The van der Waals surface area contributed by atoms with Crippen LogP contribution < -0.4 is 5.32 Å². The van der Waals surface area contributed by atoms with E-state index in [4.69, 9.17) is 10.2 Å². The van der Waals surface area contributed by atoms with Crippen molar-refractivity contribution in [3.8, 4) is 0 Å². The molecule has 2 atom stereocenters. The minimum absolute atomic E-state index is 0.0524. The molecule has 0 aromatic carbocycles. The number of hydrogen-bond acceptors (Lipinski definition) is 3. The van der Waals surface area contributed by atoms with Crippen LogP contribution in [0.1, 0.15) is 38.5 Å². The number of carboxylic acids is 1. The lowest BCUT2D eigenvalue weighted by atomic mass is 9.78. The van der Waals surface area contributed by atoms with E-state index in [9.17, 15) is 9.59 Å². The Morgan fingerprint density at radius 2 is 1.76 bits per heavy atom. The molecule has 3 N–H and O–H groups in total. The minimum Gasteiger partial charge on any atom is -0.481 e. The molecule has 2 fully saturated rings. The minimum atomic E-state index is -0.876. The summed E-state index contributed by atoms with van der Waals surface area (Å²) in [6, 6.07) is 0. The monoisotopic (exact) mass is 241 g/mol. The van der Waals surface area contributed by atoms with Crippen molar-refractivity contribution in [1.82, 2.24) is 5.32 Å². The van der Waals surface area contributed by atoms with Gasteiger partial charge in [-0.25, -0.2) is 0 Å². The van der Waals surface area contributed by atoms with Crippen LogP contribution >= 0.6 is 0 Å². The number of carboxylic acid groups (broad SMARTS) is 1. The maximum atomic E-state index is 12.0. The highest BCUT2D eigenvalue weighted by Gasteiger charge is 2.46. The number of carbonyl (C=O) groups excluding carboxylic acids is 1. The van der Waals surface area contributed by atoms with Gasteiger partial charge in [0.05, 0.1) is 24.0 Å². The molecule has 0 radical (unpaired) electrons. The van der Waals surface area contributed by atoms with Crippen LogP contribution in [0.3, 0.4) is 0 Å². The van der Waals surface area contributed by atoms with Gasteiger partial charge in [0.15, 0.2) is 0 Å². The second-order valence-corrected chi connectivity index (χ2v) is 5.26. The first-order chi connectivity index (χ1) is 8.08. The Labute approximate surface area is 100 Å². The molecule has 5 heteroatoms. The first-order valence-corrected chi connectivity index (χ1v) is 6.24. The van der Waals surface area contributed by atoms with Gasteiger partial charge >= 0.3 is 5.97 Å². The maximum Gasteiger partial charge on any atom is 0.307 e. The van der Waals surface area contributed by atoms with Crippen molar-refractivity contribution in [2.75, 3.05) is 6.61 Å². The summed E-state index contributed by atoms with van der Waals surface area (Å²) in [4.78, 5) is 23.1. The summed E-state index contributed by atoms with van der Waals surface area (Å²) in [5.41, 5.74) is -0.447. The average molecular weight is 241 g/mol. The summed E-state index contributed by atoms with van der Waals surface area (Å²) in [5, 5.41) is 21.1. The van der Waals surface area contributed by atoms with E-state index in [0.717, 1.165) is 25.7 Å². The summed E-state index contributed by atoms with van der Waals surface area (Å²) in [6.45, 7) is -0.0524. The Kier molecular flexibility index (Phi) is 3.38. The van der Waals surface area contributed by atoms with Gasteiger partial charge in [0.2, 0.25) is 5.91 Å². The van der Waals surface area contributed by atoms with Crippen LogP contribution in [0.5, 0.6) is 0 Å². The number of nitrogens with one attached hydrogen (secondary N) is 1. The van der Waals surface area contributed by atoms with E-state index in [1.165, 1.54) is 0 Å². The molecular formula is C12H19NO4. The molecule has 2 aliphatic carbocycles. The molecule has 96 valence electrons. The van der Waals surface area contributed by atoms with Gasteiger partial charge in [-0.15, -0.1) is 0 Å². The first-order valence-electron chi connectivity index (χ1n) is 6.24. The van der Waals surface area contributed by atoms with Crippen LogP contribution in [0.25, 0.3) is 0 Å². The Morgan fingerprint density at radius 3 is 2.24 bits per heavy atom. The lowest BCUT2D eigenvalue weighted by molar-refractivity contribution is -0.149. The molecule has 2 aliphatic rings. The fourth-order valence-electron chi connectivity index (χ4n) is 2.57. The molecule has 0 aromatic rings. The summed E-state index contributed by atoms with van der Waals surface area (Å²) in [7, 11) is 0. The van der Waals surface area contributed by atoms with Crippen molar-refractivity contribution >= 4 is 11.9 Å². The number of carbonyl (C=O) groups is 2. The third-order valence-corrected chi connectivity index (χ3v) is 3.96. The highest BCUT2D eigenvalue weighted by atomic mass is 16.4. The van der Waals surface area contributed by atoms with E-state index in [1.807, 2.05) is 0 Å². The zero-order chi connectivity index (χ0) is 12.5. The molecule has 0 aromatic heterocycles. The van der Waals surface area contributed by atoms with Gasteiger partial charge in [-0.2, -0.15) is 0 Å². The molecule has 0 saturated heterocycles. The molecule has 0 heterocycles. The Hall–Kier alpha value is -1.10. The van der Waals surface area contributed by atoms with Gasteiger partial charge < -0.3 is 15.5 Å². The third-order valence-electron chi connectivity index (χ3n) is 3.96. The fraction of sp³-hybridized carbons (Fsp3) is 0.833. The van der Waals surface area contributed by atoms with Gasteiger partial charge in [0, 0.05) is 0 Å². The summed E-state index contributed by atoms with van der Waals surface area (Å²) < 4.78 is 0. The second kappa shape index (κ2) is 4.64. The van der Waals surface area contributed by atoms with Crippen molar-refractivity contribution in [2.45, 2.75) is 44.1 Å². The van der Waals surface area contributed by atoms with Crippen molar-refractivity contribution in [3.63, 3.8) is 0 Å². The molecule has 0 aliphatic heterocycles. The quantitative estimate of drug-likeness (QED) is 0.669. The zero-order valence-corrected chi connectivity index (χ0v) is 9.82. The maximum absolute atomic E-state index is 12.0. The Morgan fingerprint density at radius 1 is 1.18 bits per heavy atom. The van der Waals surface area contributed by atoms with E-state index in [1.54, 1.807) is 0 Å². The van der Waals surface area contributed by atoms with Gasteiger partial charge in [0.1, 0.15) is 0 Å². The molecule has 0 bridgehead atoms. The third kappa shape index (κ3) is 2.60. The average Bonchev–Trinajstić information content (AvgIpc) is 3.09. The molecule has 2 saturated carbocycles. The van der Waals surface area contributed by atoms with E-state index >= 15 is 0 Å². The van der Waals surface area contributed by atoms with Crippen molar-refractivity contribution < 1.29 is 19.8 Å². The van der Waals surface area contributed by atoms with Crippen LogP contribution in [0.2, 0.25) is 0 Å². The lowest BCUT2D eigenvalue weighted by Crippen LogP contribution is -2.46. The zero-order valence-electron chi connectivity index (χ0n) is 9.82. The Balaban J connectivity index is 1.99. The summed E-state index contributed by atoms with van der Waals surface area (Å²) >= 11 is 0. The van der Waals surface area contributed by atoms with E-state index in [-0.39, 0.29) is 12.5 Å². The molecule has 0 spiro atoms. The molecule has 0 unspecified atom stereocenters. The number of hydrogen-bond donors (Lipinski definition) is 3. The molecule has 5 nitrogen and oxygen atoms in total. The summed E-state index contributed by atoms with van der Waals surface area (Å²) in [5.74, 6) is -2.05. The van der Waals surface area contributed by atoms with Gasteiger partial charge in [-0.3, -0.25) is 9.59 Å². The smallest absolute Gasteiger partial charge is 0.307 e. The molecule has 1 amide bonds. The molecule has 17 heavy (non-hydrogen) atoms. The number of rotatable bonds is 4. The standard InChI is InChI=1S/C12H19NO4/c14-7-12(5-6-12)13-10(15)8-3-1-2-4-9(8)11(16)17/h8-9,14H,1-7H2,(H,13,15)(H,16,17)/t8-,9+/m1/s1. The lowest BCUT2D eigenvalue weighted by Gasteiger charge is -2.29. The van der Waals surface area contributed by atoms with Crippen LogP contribution in [0.4, 0.5) is 0 Å². The van der Waals surface area contributed by atoms with Crippen molar-refractivity contribution in [3.05, 3.63) is 0 Å². The van der Waals surface area contributed by atoms with Gasteiger partial charge in [-0.05, 0) is 25.7 Å².